The van der Waals surface area contributed by atoms with Crippen LogP contribution >= 0.6 is 12.6 Å². The Morgan fingerprint density at radius 2 is 2.44 bits per heavy atom. The summed E-state index contributed by atoms with van der Waals surface area (Å²) in [4.78, 5) is 10.5. The highest BCUT2D eigenvalue weighted by molar-refractivity contribution is 7.80. The number of amides is 1. The molecule has 0 aromatic rings. The van der Waals surface area contributed by atoms with Crippen LogP contribution in [0.25, 0.3) is 0 Å². The third kappa shape index (κ3) is 5.65. The van der Waals surface area contributed by atoms with Crippen LogP contribution in [0.15, 0.2) is 0 Å². The lowest BCUT2D eigenvalue weighted by molar-refractivity contribution is -0.117. The second-order valence-electron chi connectivity index (χ2n) is 1.40. The van der Waals surface area contributed by atoms with E-state index >= 15 is 0 Å². The molecule has 0 bridgehead atoms. The number of aliphatic hydroxyl groups excluding tert-OH is 1. The highest BCUT2D eigenvalue weighted by atomic mass is 32.1. The normalized spacial score (nSPS) is 9.11. The molecule has 0 fully saturated rings. The molecule has 0 rings (SSSR count). The molecule has 0 saturated carbocycles. The molecule has 0 saturated heterocycles. The number of nitrogens with one attached hydrogen (secondary N) is 1. The molecule has 0 spiro atoms. The molecule has 0 aliphatic rings. The van der Waals surface area contributed by atoms with Gasteiger partial charge in [-0.25, -0.2) is 0 Å². The predicted octanol–water partition coefficient (Wildman–Crippen LogP) is -0.771. The number of rotatable bonds is 4. The number of carbonyl (C=O) groups is 1. The molecule has 1 amide bonds. The van der Waals surface area contributed by atoms with Crippen LogP contribution in [-0.4, -0.2) is 29.9 Å². The monoisotopic (exact) mass is 148 g/mol. The van der Waals surface area contributed by atoms with E-state index in [1.165, 1.54) is 6.42 Å². The molecule has 0 unspecified atom stereocenters. The standard InChI is InChI=1S/C5H10NO2S/c7-3-2-6-5(8)1-4-9/h1,7,9H,2-4H2,(H,6,8). The van der Waals surface area contributed by atoms with Crippen molar-refractivity contribution in [2.45, 2.75) is 0 Å². The van der Waals surface area contributed by atoms with Crippen LogP contribution < -0.4 is 5.32 Å². The summed E-state index contributed by atoms with van der Waals surface area (Å²) < 4.78 is 0. The van der Waals surface area contributed by atoms with Crippen LogP contribution in [0.3, 0.4) is 0 Å². The van der Waals surface area contributed by atoms with Gasteiger partial charge in [-0.05, 0) is 0 Å². The summed E-state index contributed by atoms with van der Waals surface area (Å²) in [5.74, 6) is 0.246. The fourth-order valence-electron chi connectivity index (χ4n) is 0.334. The molecule has 0 aromatic carbocycles. The first-order valence-corrected chi connectivity index (χ1v) is 3.27. The van der Waals surface area contributed by atoms with Crippen LogP contribution in [0.1, 0.15) is 0 Å². The Hall–Kier alpha value is -0.220. The minimum absolute atomic E-state index is 0.0217. The SMILES string of the molecule is O=C([CH]CS)NCCO. The highest BCUT2D eigenvalue weighted by Gasteiger charge is 1.95. The van der Waals surface area contributed by atoms with Crippen molar-refractivity contribution in [2.75, 3.05) is 18.9 Å². The highest BCUT2D eigenvalue weighted by Crippen LogP contribution is 1.79. The van der Waals surface area contributed by atoms with Crippen molar-refractivity contribution in [3.63, 3.8) is 0 Å². The number of hydrogen-bond donors (Lipinski definition) is 3. The van der Waals surface area contributed by atoms with Gasteiger partial charge >= 0.3 is 0 Å². The van der Waals surface area contributed by atoms with E-state index < -0.39 is 0 Å². The Bertz CT molecular complexity index is 87.0. The lowest BCUT2D eigenvalue weighted by atomic mass is 10.4. The van der Waals surface area contributed by atoms with Gasteiger partial charge in [0.2, 0.25) is 5.91 Å². The molecule has 0 aliphatic heterocycles. The van der Waals surface area contributed by atoms with E-state index in [2.05, 4.69) is 17.9 Å². The first-order chi connectivity index (χ1) is 4.31. The Kier molecular flexibility index (Phi) is 5.76. The summed E-state index contributed by atoms with van der Waals surface area (Å²) in [6, 6.07) is 0. The minimum atomic E-state index is -0.181. The van der Waals surface area contributed by atoms with E-state index in [0.717, 1.165) is 0 Å². The van der Waals surface area contributed by atoms with Gasteiger partial charge in [-0.1, -0.05) is 0 Å². The van der Waals surface area contributed by atoms with Crippen LogP contribution in [0.4, 0.5) is 0 Å². The van der Waals surface area contributed by atoms with Crippen LogP contribution in [0.5, 0.6) is 0 Å². The smallest absolute Gasteiger partial charge is 0.224 e. The first-order valence-electron chi connectivity index (χ1n) is 2.64. The zero-order chi connectivity index (χ0) is 7.11. The second-order valence-corrected chi connectivity index (χ2v) is 1.77. The first kappa shape index (κ1) is 8.78. The van der Waals surface area contributed by atoms with Crippen molar-refractivity contribution >= 4 is 18.5 Å². The summed E-state index contributed by atoms with van der Waals surface area (Å²) >= 11 is 3.80. The van der Waals surface area contributed by atoms with E-state index in [0.29, 0.717) is 12.3 Å². The van der Waals surface area contributed by atoms with E-state index in [-0.39, 0.29) is 12.5 Å². The third-order valence-corrected chi connectivity index (χ3v) is 0.870. The van der Waals surface area contributed by atoms with Gasteiger partial charge in [-0.3, -0.25) is 4.79 Å². The zero-order valence-corrected chi connectivity index (χ0v) is 5.90. The van der Waals surface area contributed by atoms with Gasteiger partial charge in [0.1, 0.15) is 0 Å². The van der Waals surface area contributed by atoms with Gasteiger partial charge in [0.05, 0.1) is 13.0 Å². The molecule has 1 radical (unpaired) electrons. The Morgan fingerprint density at radius 3 is 2.89 bits per heavy atom. The number of carbonyl (C=O) groups excluding carboxylic acids is 1. The largest absolute Gasteiger partial charge is 0.395 e. The molecule has 9 heavy (non-hydrogen) atoms. The third-order valence-electron chi connectivity index (χ3n) is 0.688. The van der Waals surface area contributed by atoms with E-state index in [1.54, 1.807) is 0 Å². The predicted molar refractivity (Wildman–Crippen MR) is 38.2 cm³/mol. The quantitative estimate of drug-likeness (QED) is 0.458. The molecule has 4 heteroatoms. The maximum atomic E-state index is 10.5. The fraction of sp³-hybridized carbons (Fsp3) is 0.600. The Labute approximate surface area is 59.9 Å². The Balaban J connectivity index is 3.06. The van der Waals surface area contributed by atoms with Crippen molar-refractivity contribution in [3.05, 3.63) is 6.42 Å². The topological polar surface area (TPSA) is 49.3 Å². The second kappa shape index (κ2) is 5.91. The van der Waals surface area contributed by atoms with Crippen LogP contribution in [0, 0.1) is 6.42 Å². The van der Waals surface area contributed by atoms with Crippen LogP contribution in [0.2, 0.25) is 0 Å². The van der Waals surface area contributed by atoms with Gasteiger partial charge in [-0.2, -0.15) is 12.6 Å². The maximum absolute atomic E-state index is 10.5. The summed E-state index contributed by atoms with van der Waals surface area (Å²) in [5.41, 5.74) is 0. The maximum Gasteiger partial charge on any atom is 0.224 e. The van der Waals surface area contributed by atoms with Crippen molar-refractivity contribution in [2.24, 2.45) is 0 Å². The lowest BCUT2D eigenvalue weighted by Crippen LogP contribution is -2.26. The van der Waals surface area contributed by atoms with E-state index in [1.807, 2.05) is 0 Å². The van der Waals surface area contributed by atoms with Crippen molar-refractivity contribution in [3.8, 4) is 0 Å². The number of hydrogen-bond acceptors (Lipinski definition) is 3. The van der Waals surface area contributed by atoms with Crippen molar-refractivity contribution in [1.82, 2.24) is 5.32 Å². The average Bonchev–Trinajstić information content (AvgIpc) is 1.85. The summed E-state index contributed by atoms with van der Waals surface area (Å²) in [7, 11) is 0. The Morgan fingerprint density at radius 1 is 1.78 bits per heavy atom. The summed E-state index contributed by atoms with van der Waals surface area (Å²) in [6.45, 7) is 0.287. The lowest BCUT2D eigenvalue weighted by Gasteiger charge is -1.98. The molecule has 0 aliphatic carbocycles. The molecular weight excluding hydrogens is 138 g/mol. The van der Waals surface area contributed by atoms with Gasteiger partial charge in [-0.15, -0.1) is 0 Å². The molecular formula is C5H10NO2S. The molecule has 0 heterocycles. The number of aliphatic hydroxyl groups is 1. The van der Waals surface area contributed by atoms with Crippen LogP contribution in [-0.2, 0) is 4.79 Å². The van der Waals surface area contributed by atoms with Gasteiger partial charge < -0.3 is 10.4 Å². The average molecular weight is 148 g/mol. The van der Waals surface area contributed by atoms with E-state index in [9.17, 15) is 4.79 Å². The van der Waals surface area contributed by atoms with Gasteiger partial charge in [0.15, 0.2) is 0 Å². The molecule has 0 aromatic heterocycles. The molecule has 2 N–H and O–H groups in total. The number of thiol groups is 1. The molecule has 53 valence electrons. The van der Waals surface area contributed by atoms with Gasteiger partial charge in [0, 0.05) is 12.3 Å². The van der Waals surface area contributed by atoms with Crippen molar-refractivity contribution in [1.29, 1.82) is 0 Å². The summed E-state index contributed by atoms with van der Waals surface area (Å²) in [5, 5.41) is 10.7. The van der Waals surface area contributed by atoms with E-state index in [4.69, 9.17) is 5.11 Å². The molecule has 0 atom stereocenters. The fourth-order valence-corrected chi connectivity index (χ4v) is 0.500. The van der Waals surface area contributed by atoms with Crippen molar-refractivity contribution < 1.29 is 9.90 Å². The van der Waals surface area contributed by atoms with Gasteiger partial charge in [0.25, 0.3) is 0 Å². The summed E-state index contributed by atoms with van der Waals surface area (Å²) in [6.07, 6.45) is 1.40. The zero-order valence-electron chi connectivity index (χ0n) is 5.00. The minimum Gasteiger partial charge on any atom is -0.395 e. The molecule has 3 nitrogen and oxygen atoms in total.